The first-order chi connectivity index (χ1) is 13.1. The number of rotatable bonds is 7. The standard InChI is InChI=1S/C18H17N5O4/c1-13-3-5-14(6-4-13)10-27-18-16(23(24)25)7-15(8-17(18)26-2)9-21-22-11-19-20-12-22/h3-9,11-12H,10H2,1-2H3/b21-9-. The molecule has 0 saturated carbocycles. The van der Waals surface area contributed by atoms with Crippen LogP contribution in [0.1, 0.15) is 16.7 Å². The van der Waals surface area contributed by atoms with Gasteiger partial charge < -0.3 is 9.47 Å². The third-order valence-electron chi connectivity index (χ3n) is 3.72. The van der Waals surface area contributed by atoms with Crippen LogP contribution in [0.15, 0.2) is 54.2 Å². The van der Waals surface area contributed by atoms with Crippen molar-refractivity contribution in [3.63, 3.8) is 0 Å². The summed E-state index contributed by atoms with van der Waals surface area (Å²) in [6.07, 6.45) is 4.25. The maximum absolute atomic E-state index is 11.5. The monoisotopic (exact) mass is 367 g/mol. The molecule has 0 fully saturated rings. The lowest BCUT2D eigenvalue weighted by molar-refractivity contribution is -0.386. The molecule has 1 heterocycles. The van der Waals surface area contributed by atoms with Gasteiger partial charge in [0.1, 0.15) is 19.3 Å². The second-order valence-electron chi connectivity index (χ2n) is 5.69. The largest absolute Gasteiger partial charge is 0.493 e. The van der Waals surface area contributed by atoms with Crippen LogP contribution in [-0.2, 0) is 6.61 Å². The zero-order valence-electron chi connectivity index (χ0n) is 14.8. The summed E-state index contributed by atoms with van der Waals surface area (Å²) in [6.45, 7) is 2.17. The Morgan fingerprint density at radius 1 is 1.22 bits per heavy atom. The molecule has 0 saturated heterocycles. The summed E-state index contributed by atoms with van der Waals surface area (Å²) in [5, 5.41) is 22.9. The topological polar surface area (TPSA) is 105 Å². The molecule has 0 N–H and O–H groups in total. The summed E-state index contributed by atoms with van der Waals surface area (Å²) < 4.78 is 12.4. The fraction of sp³-hybridized carbons (Fsp3) is 0.167. The number of benzene rings is 2. The van der Waals surface area contributed by atoms with Gasteiger partial charge in [-0.2, -0.15) is 5.10 Å². The van der Waals surface area contributed by atoms with E-state index in [1.165, 1.54) is 36.7 Å². The fourth-order valence-corrected chi connectivity index (χ4v) is 2.34. The molecule has 138 valence electrons. The second kappa shape index (κ2) is 8.09. The predicted molar refractivity (Wildman–Crippen MR) is 98.2 cm³/mol. The van der Waals surface area contributed by atoms with Crippen LogP contribution in [0, 0.1) is 17.0 Å². The van der Waals surface area contributed by atoms with Gasteiger partial charge in [0.25, 0.3) is 0 Å². The van der Waals surface area contributed by atoms with Crippen molar-refractivity contribution < 1.29 is 14.4 Å². The number of ether oxygens (including phenoxy) is 2. The Morgan fingerprint density at radius 2 is 1.93 bits per heavy atom. The minimum Gasteiger partial charge on any atom is -0.493 e. The van der Waals surface area contributed by atoms with Crippen molar-refractivity contribution in [2.24, 2.45) is 5.10 Å². The molecule has 9 nitrogen and oxygen atoms in total. The van der Waals surface area contributed by atoms with Gasteiger partial charge in [-0.05, 0) is 18.6 Å². The first-order valence-corrected chi connectivity index (χ1v) is 8.00. The van der Waals surface area contributed by atoms with Crippen molar-refractivity contribution in [3.05, 3.63) is 75.9 Å². The molecule has 3 rings (SSSR count). The third-order valence-corrected chi connectivity index (χ3v) is 3.72. The molecule has 2 aromatic carbocycles. The molecule has 0 unspecified atom stereocenters. The molecule has 0 spiro atoms. The van der Waals surface area contributed by atoms with Gasteiger partial charge in [0.2, 0.25) is 5.75 Å². The van der Waals surface area contributed by atoms with Gasteiger partial charge >= 0.3 is 5.69 Å². The normalized spacial score (nSPS) is 10.9. The van der Waals surface area contributed by atoms with Crippen LogP contribution in [0.5, 0.6) is 11.5 Å². The highest BCUT2D eigenvalue weighted by atomic mass is 16.6. The van der Waals surface area contributed by atoms with Crippen molar-refractivity contribution in [2.75, 3.05) is 7.11 Å². The van der Waals surface area contributed by atoms with Crippen LogP contribution in [0.4, 0.5) is 5.69 Å². The Balaban J connectivity index is 1.89. The molecule has 0 bridgehead atoms. The van der Waals surface area contributed by atoms with Crippen molar-refractivity contribution >= 4 is 11.9 Å². The molecule has 3 aromatic rings. The smallest absolute Gasteiger partial charge is 0.315 e. The maximum Gasteiger partial charge on any atom is 0.315 e. The van der Waals surface area contributed by atoms with Gasteiger partial charge in [-0.25, -0.2) is 4.68 Å². The van der Waals surface area contributed by atoms with Gasteiger partial charge in [-0.3, -0.25) is 10.1 Å². The van der Waals surface area contributed by atoms with E-state index in [0.717, 1.165) is 11.1 Å². The Bertz CT molecular complexity index is 953. The number of hydrogen-bond donors (Lipinski definition) is 0. The van der Waals surface area contributed by atoms with E-state index in [9.17, 15) is 10.1 Å². The zero-order valence-corrected chi connectivity index (χ0v) is 14.8. The Morgan fingerprint density at radius 3 is 2.56 bits per heavy atom. The third kappa shape index (κ3) is 4.46. The number of aryl methyl sites for hydroxylation is 1. The van der Waals surface area contributed by atoms with Gasteiger partial charge in [0, 0.05) is 11.6 Å². The molecule has 0 amide bonds. The summed E-state index contributed by atoms with van der Waals surface area (Å²) in [5.41, 5.74) is 2.30. The number of hydrogen-bond acceptors (Lipinski definition) is 7. The Hall–Kier alpha value is -3.75. The van der Waals surface area contributed by atoms with E-state index in [4.69, 9.17) is 9.47 Å². The maximum atomic E-state index is 11.5. The van der Waals surface area contributed by atoms with Gasteiger partial charge in [-0.15, -0.1) is 10.2 Å². The predicted octanol–water partition coefficient (Wildman–Crippen LogP) is 2.96. The van der Waals surface area contributed by atoms with Crippen LogP contribution >= 0.6 is 0 Å². The molecule has 0 atom stereocenters. The lowest BCUT2D eigenvalue weighted by Crippen LogP contribution is -2.03. The SMILES string of the molecule is COc1cc(/C=N\n2cnnc2)cc([N+](=O)[O-])c1OCc1ccc(C)cc1. The molecule has 0 radical (unpaired) electrons. The van der Waals surface area contributed by atoms with E-state index in [1.807, 2.05) is 31.2 Å². The Labute approximate surface area is 155 Å². The van der Waals surface area contributed by atoms with Gasteiger partial charge in [0.05, 0.1) is 18.2 Å². The number of nitro benzene ring substituents is 1. The minimum absolute atomic E-state index is 0.0736. The average Bonchev–Trinajstić information content (AvgIpc) is 3.19. The van der Waals surface area contributed by atoms with Crippen LogP contribution in [0.2, 0.25) is 0 Å². The van der Waals surface area contributed by atoms with Crippen molar-refractivity contribution in [1.29, 1.82) is 0 Å². The molecule has 0 aliphatic carbocycles. The van der Waals surface area contributed by atoms with E-state index in [-0.39, 0.29) is 23.8 Å². The average molecular weight is 367 g/mol. The van der Waals surface area contributed by atoms with Crippen LogP contribution in [-0.4, -0.2) is 33.1 Å². The number of nitro groups is 1. The minimum atomic E-state index is -0.511. The molecule has 0 aliphatic heterocycles. The van der Waals surface area contributed by atoms with Crippen LogP contribution in [0.3, 0.4) is 0 Å². The van der Waals surface area contributed by atoms with Crippen LogP contribution in [0.25, 0.3) is 0 Å². The van der Waals surface area contributed by atoms with E-state index in [1.54, 1.807) is 6.07 Å². The van der Waals surface area contributed by atoms with Crippen LogP contribution < -0.4 is 9.47 Å². The highest BCUT2D eigenvalue weighted by molar-refractivity contribution is 5.83. The van der Waals surface area contributed by atoms with E-state index >= 15 is 0 Å². The Kier molecular flexibility index (Phi) is 5.41. The zero-order chi connectivity index (χ0) is 19.2. The lowest BCUT2D eigenvalue weighted by Gasteiger charge is -2.12. The molecule has 9 heteroatoms. The summed E-state index contributed by atoms with van der Waals surface area (Å²) in [4.78, 5) is 11.0. The van der Waals surface area contributed by atoms with Crippen molar-refractivity contribution in [1.82, 2.24) is 14.9 Å². The molecular formula is C18H17N5O4. The first-order valence-electron chi connectivity index (χ1n) is 8.00. The second-order valence-corrected chi connectivity index (χ2v) is 5.69. The highest BCUT2D eigenvalue weighted by Crippen LogP contribution is 2.38. The van der Waals surface area contributed by atoms with Crippen molar-refractivity contribution in [3.8, 4) is 11.5 Å². The van der Waals surface area contributed by atoms with E-state index < -0.39 is 4.92 Å². The molecule has 1 aromatic heterocycles. The lowest BCUT2D eigenvalue weighted by atomic mass is 10.1. The number of nitrogens with zero attached hydrogens (tertiary/aromatic N) is 5. The fourth-order valence-electron chi connectivity index (χ4n) is 2.34. The molecule has 0 aliphatic rings. The summed E-state index contributed by atoms with van der Waals surface area (Å²) in [5.74, 6) is 0.325. The summed E-state index contributed by atoms with van der Waals surface area (Å²) in [6, 6.07) is 10.7. The molecular weight excluding hydrogens is 350 g/mol. The van der Waals surface area contributed by atoms with Gasteiger partial charge in [0.15, 0.2) is 5.75 Å². The molecule has 27 heavy (non-hydrogen) atoms. The number of aromatic nitrogens is 3. The highest BCUT2D eigenvalue weighted by Gasteiger charge is 2.22. The quantitative estimate of drug-likeness (QED) is 0.361. The number of methoxy groups -OCH3 is 1. The van der Waals surface area contributed by atoms with Gasteiger partial charge in [-0.1, -0.05) is 29.8 Å². The summed E-state index contributed by atoms with van der Waals surface area (Å²) >= 11 is 0. The first kappa shape index (κ1) is 18.1. The van der Waals surface area contributed by atoms with E-state index in [2.05, 4.69) is 15.3 Å². The summed E-state index contributed by atoms with van der Waals surface area (Å²) in [7, 11) is 1.43. The van der Waals surface area contributed by atoms with E-state index in [0.29, 0.717) is 5.56 Å². The van der Waals surface area contributed by atoms with Crippen molar-refractivity contribution in [2.45, 2.75) is 13.5 Å².